The number of rotatable bonds is 6. The summed E-state index contributed by atoms with van der Waals surface area (Å²) in [7, 11) is 0. The lowest BCUT2D eigenvalue weighted by molar-refractivity contribution is -0.141. The van der Waals surface area contributed by atoms with Crippen molar-refractivity contribution < 1.29 is 14.6 Å². The number of hydrogen-bond acceptors (Lipinski definition) is 8. The highest BCUT2D eigenvalue weighted by Crippen LogP contribution is 2.47. The summed E-state index contributed by atoms with van der Waals surface area (Å²) < 4.78 is 8.64. The first kappa shape index (κ1) is 25.7. The second-order valence-corrected chi connectivity index (χ2v) is 12.3. The van der Waals surface area contributed by atoms with Gasteiger partial charge in [-0.05, 0) is 49.9 Å². The Hall–Kier alpha value is -3.28. The first-order valence-electron chi connectivity index (χ1n) is 14.4. The Labute approximate surface area is 232 Å². The van der Waals surface area contributed by atoms with Gasteiger partial charge >= 0.3 is 0 Å². The van der Waals surface area contributed by atoms with Gasteiger partial charge in [0.05, 0.1) is 37.2 Å². The summed E-state index contributed by atoms with van der Waals surface area (Å²) in [6, 6.07) is 8.80. The first-order chi connectivity index (χ1) is 19.3. The van der Waals surface area contributed by atoms with Gasteiger partial charge < -0.3 is 19.6 Å². The normalized spacial score (nSPS) is 22.9. The molecule has 5 heterocycles. The lowest BCUT2D eigenvalue weighted by Gasteiger charge is -2.47. The van der Waals surface area contributed by atoms with Crippen LogP contribution in [0.4, 0.5) is 5.69 Å². The van der Waals surface area contributed by atoms with Gasteiger partial charge in [0.25, 0.3) is 5.56 Å². The Balaban J connectivity index is 1.02. The fourth-order valence-electron chi connectivity index (χ4n) is 6.28. The van der Waals surface area contributed by atoms with E-state index in [4.69, 9.17) is 4.74 Å². The van der Waals surface area contributed by atoms with Crippen molar-refractivity contribution in [2.24, 2.45) is 5.41 Å². The average molecular weight is 548 g/mol. The van der Waals surface area contributed by atoms with Gasteiger partial charge in [-0.2, -0.15) is 5.10 Å². The number of likely N-dealkylation sites (tertiary alicyclic amines) is 1. The van der Waals surface area contributed by atoms with E-state index in [1.54, 1.807) is 10.9 Å². The number of anilines is 1. The number of aliphatic hydroxyl groups is 1. The molecule has 1 saturated carbocycles. The fourth-order valence-corrected chi connectivity index (χ4v) is 6.28. The molecule has 0 atom stereocenters. The monoisotopic (exact) mass is 547 g/mol. The van der Waals surface area contributed by atoms with Crippen LogP contribution in [0.5, 0.6) is 0 Å². The molecule has 0 spiro atoms. The number of hydrogen-bond donors (Lipinski definition) is 1. The van der Waals surface area contributed by atoms with Crippen LogP contribution < -0.4 is 10.5 Å². The second kappa shape index (κ2) is 9.67. The minimum atomic E-state index is -1.05. The van der Waals surface area contributed by atoms with E-state index < -0.39 is 5.60 Å². The molecule has 0 radical (unpaired) electrons. The summed E-state index contributed by atoms with van der Waals surface area (Å²) in [5.74, 6) is 0.192. The van der Waals surface area contributed by atoms with Crippen LogP contribution in [0.15, 0.2) is 41.6 Å². The number of amides is 1. The Morgan fingerprint density at radius 3 is 2.38 bits per heavy atom. The molecule has 1 N–H and O–H groups in total. The van der Waals surface area contributed by atoms with Gasteiger partial charge in [0.1, 0.15) is 11.7 Å². The minimum Gasteiger partial charge on any atom is -0.388 e. The maximum Gasteiger partial charge on any atom is 0.264 e. The Kier molecular flexibility index (Phi) is 6.21. The third-order valence-electron chi connectivity index (χ3n) is 9.40. The molecule has 1 amide bonds. The van der Waals surface area contributed by atoms with Crippen molar-refractivity contribution in [3.8, 4) is 5.69 Å². The summed E-state index contributed by atoms with van der Waals surface area (Å²) in [4.78, 5) is 37.3. The van der Waals surface area contributed by atoms with E-state index in [-0.39, 0.29) is 23.4 Å². The van der Waals surface area contributed by atoms with E-state index in [0.717, 1.165) is 57.9 Å². The van der Waals surface area contributed by atoms with Crippen molar-refractivity contribution in [3.63, 3.8) is 0 Å². The van der Waals surface area contributed by atoms with Gasteiger partial charge in [0, 0.05) is 56.4 Å². The van der Waals surface area contributed by atoms with E-state index in [1.807, 2.05) is 24.0 Å². The Morgan fingerprint density at radius 1 is 1.02 bits per heavy atom. The van der Waals surface area contributed by atoms with Crippen LogP contribution in [0.3, 0.4) is 0 Å². The number of fused-ring (bicyclic) bond motifs is 1. The van der Waals surface area contributed by atoms with Gasteiger partial charge in [0.15, 0.2) is 5.65 Å². The molecule has 11 heteroatoms. The minimum absolute atomic E-state index is 0.148. The number of benzene rings is 1. The number of piperidine rings is 1. The molecule has 4 fully saturated rings. The summed E-state index contributed by atoms with van der Waals surface area (Å²) in [5, 5.41) is 16.1. The molecule has 40 heavy (non-hydrogen) atoms. The van der Waals surface area contributed by atoms with Crippen LogP contribution in [0.1, 0.15) is 32.6 Å². The van der Waals surface area contributed by atoms with Gasteiger partial charge in [-0.1, -0.05) is 6.92 Å². The molecular weight excluding hydrogens is 510 g/mol. The topological polar surface area (TPSA) is 109 Å². The second-order valence-electron chi connectivity index (χ2n) is 12.3. The van der Waals surface area contributed by atoms with Crippen LogP contribution in [-0.2, 0) is 16.1 Å². The average Bonchev–Trinajstić information content (AvgIpc) is 3.55. The van der Waals surface area contributed by atoms with Gasteiger partial charge in [-0.25, -0.2) is 9.67 Å². The van der Waals surface area contributed by atoms with Crippen molar-refractivity contribution in [1.82, 2.24) is 29.1 Å². The van der Waals surface area contributed by atoms with E-state index in [9.17, 15) is 14.7 Å². The van der Waals surface area contributed by atoms with Crippen molar-refractivity contribution in [2.45, 2.75) is 50.8 Å². The summed E-state index contributed by atoms with van der Waals surface area (Å²) in [5.41, 5.74) is 1.03. The molecule has 2 aromatic heterocycles. The predicted molar refractivity (Wildman–Crippen MR) is 150 cm³/mol. The van der Waals surface area contributed by atoms with Crippen molar-refractivity contribution in [3.05, 3.63) is 47.1 Å². The number of carbonyl (C=O) groups is 1. The lowest BCUT2D eigenvalue weighted by Crippen LogP contribution is -2.61. The zero-order chi connectivity index (χ0) is 27.5. The van der Waals surface area contributed by atoms with E-state index in [2.05, 4.69) is 32.0 Å². The summed E-state index contributed by atoms with van der Waals surface area (Å²) in [6.45, 7) is 8.88. The molecule has 3 saturated heterocycles. The van der Waals surface area contributed by atoms with Crippen molar-refractivity contribution in [1.29, 1.82) is 0 Å². The molecule has 3 aliphatic heterocycles. The highest BCUT2D eigenvalue weighted by atomic mass is 16.5. The van der Waals surface area contributed by atoms with Crippen molar-refractivity contribution >= 4 is 22.6 Å². The van der Waals surface area contributed by atoms with Crippen LogP contribution in [-0.4, -0.2) is 104 Å². The maximum absolute atomic E-state index is 13.3. The summed E-state index contributed by atoms with van der Waals surface area (Å²) in [6.07, 6.45) is 5.83. The number of nitrogens with zero attached hydrogens (tertiary/aromatic N) is 7. The maximum atomic E-state index is 13.3. The van der Waals surface area contributed by atoms with E-state index in [1.165, 1.54) is 16.6 Å². The molecular formula is C29H37N7O4. The quantitative estimate of drug-likeness (QED) is 0.492. The van der Waals surface area contributed by atoms with Crippen LogP contribution in [0.25, 0.3) is 16.7 Å². The van der Waals surface area contributed by atoms with Crippen molar-refractivity contribution in [2.75, 3.05) is 57.4 Å². The lowest BCUT2D eigenvalue weighted by atomic mass is 9.90. The van der Waals surface area contributed by atoms with Crippen LogP contribution in [0.2, 0.25) is 0 Å². The molecule has 0 unspecified atom stereocenters. The van der Waals surface area contributed by atoms with Gasteiger partial charge in [-0.15, -0.1) is 0 Å². The predicted octanol–water partition coefficient (Wildman–Crippen LogP) is 1.26. The number of aromatic nitrogens is 4. The first-order valence-corrected chi connectivity index (χ1v) is 14.4. The molecule has 11 nitrogen and oxygen atoms in total. The highest BCUT2D eigenvalue weighted by Gasteiger charge is 2.48. The number of carbonyl (C=O) groups excluding carboxylic acids is 1. The Bertz CT molecular complexity index is 1460. The molecule has 7 rings (SSSR count). The highest BCUT2D eigenvalue weighted by molar-refractivity contribution is 5.85. The molecule has 0 bridgehead atoms. The smallest absolute Gasteiger partial charge is 0.264 e. The van der Waals surface area contributed by atoms with Gasteiger partial charge in [0.2, 0.25) is 5.91 Å². The number of morpholine rings is 1. The summed E-state index contributed by atoms with van der Waals surface area (Å²) >= 11 is 0. The molecule has 1 aromatic carbocycles. The van der Waals surface area contributed by atoms with Crippen LogP contribution in [0, 0.1) is 5.41 Å². The zero-order valence-corrected chi connectivity index (χ0v) is 23.0. The zero-order valence-electron chi connectivity index (χ0n) is 23.0. The number of ether oxygens (including phenoxy) is 1. The standard InChI is InChI=1S/C29H37N7O4/c1-28(6-7-28)27(38)33-10-8-29(39,9-11-33)19-35-20-30-25-24(26(35)37)16-31-36(25)22-4-2-21(3-5-22)34-17-23(18-34)32-12-14-40-15-13-32/h2-5,16,20,23,39H,6-15,17-19H2,1H3. The van der Waals surface area contributed by atoms with E-state index >= 15 is 0 Å². The SMILES string of the molecule is CC1(C(=O)N2CCC(O)(Cn3cnc4c(cnn4-c4ccc(N5CC(N6CCOCC6)C5)cc4)c3=O)CC2)CC1. The molecule has 1 aliphatic carbocycles. The van der Waals surface area contributed by atoms with Crippen LogP contribution >= 0.6 is 0 Å². The molecule has 3 aromatic rings. The van der Waals surface area contributed by atoms with E-state index in [0.29, 0.717) is 43.0 Å². The third kappa shape index (κ3) is 4.59. The Morgan fingerprint density at radius 2 is 1.70 bits per heavy atom. The molecule has 4 aliphatic rings. The molecule has 212 valence electrons. The van der Waals surface area contributed by atoms with Gasteiger partial charge in [-0.3, -0.25) is 19.1 Å². The third-order valence-corrected chi connectivity index (χ3v) is 9.40. The fraction of sp³-hybridized carbons (Fsp3) is 0.586. The largest absolute Gasteiger partial charge is 0.388 e.